The van der Waals surface area contributed by atoms with Crippen molar-refractivity contribution in [3.63, 3.8) is 0 Å². The van der Waals surface area contributed by atoms with Crippen LogP contribution in [0.3, 0.4) is 0 Å². The number of aliphatic carboxylic acids is 1. The first-order valence-electron chi connectivity index (χ1n) is 7.97. The number of halogens is 3. The maximum absolute atomic E-state index is 12.6. The van der Waals surface area contributed by atoms with E-state index in [4.69, 9.17) is 5.11 Å². The summed E-state index contributed by atoms with van der Waals surface area (Å²) in [5.41, 5.74) is -0.102. The van der Waals surface area contributed by atoms with Crippen molar-refractivity contribution in [1.29, 1.82) is 0 Å². The van der Waals surface area contributed by atoms with Gasteiger partial charge in [-0.15, -0.1) is 0 Å². The fourth-order valence-corrected chi connectivity index (χ4v) is 3.07. The number of carboxylic acids is 1. The molecule has 0 spiro atoms. The van der Waals surface area contributed by atoms with Gasteiger partial charge in [0.15, 0.2) is 0 Å². The van der Waals surface area contributed by atoms with Gasteiger partial charge in [-0.05, 0) is 43.4 Å². The third-order valence-electron chi connectivity index (χ3n) is 4.81. The van der Waals surface area contributed by atoms with Crippen LogP contribution in [0.4, 0.5) is 13.2 Å². The Morgan fingerprint density at radius 1 is 1.04 bits per heavy atom. The highest BCUT2D eigenvalue weighted by molar-refractivity contribution is 5.86. The van der Waals surface area contributed by atoms with Crippen molar-refractivity contribution in [2.45, 2.75) is 44.4 Å². The maximum Gasteiger partial charge on any atom is 0.416 e. The fraction of sp³-hybridized carbons (Fsp3) is 0.529. The first kappa shape index (κ1) is 16.8. The molecule has 2 saturated carbocycles. The van der Waals surface area contributed by atoms with Crippen LogP contribution in [0, 0.1) is 11.8 Å². The lowest BCUT2D eigenvalue weighted by molar-refractivity contribution is -0.157. The second-order valence-electron chi connectivity index (χ2n) is 6.52. The molecule has 3 rings (SSSR count). The highest BCUT2D eigenvalue weighted by Gasteiger charge is 2.45. The van der Waals surface area contributed by atoms with Gasteiger partial charge in [0, 0.05) is 12.6 Å². The Bertz CT molecular complexity index is 637. The SMILES string of the molecule is O=C(O)C1CCC1C(=O)N(Cc1ccc(C(F)(F)F)cc1)C1CC1. The van der Waals surface area contributed by atoms with Gasteiger partial charge in [0.1, 0.15) is 0 Å². The van der Waals surface area contributed by atoms with Crippen molar-refractivity contribution < 1.29 is 27.9 Å². The number of carbonyl (C=O) groups is 2. The zero-order chi connectivity index (χ0) is 17.5. The average Bonchev–Trinajstić information content (AvgIpc) is 3.26. The molecule has 0 bridgehead atoms. The van der Waals surface area contributed by atoms with E-state index >= 15 is 0 Å². The summed E-state index contributed by atoms with van der Waals surface area (Å²) in [4.78, 5) is 25.4. The van der Waals surface area contributed by atoms with Crippen molar-refractivity contribution in [1.82, 2.24) is 4.90 Å². The lowest BCUT2D eigenvalue weighted by Gasteiger charge is -2.36. The van der Waals surface area contributed by atoms with Crippen LogP contribution in [-0.2, 0) is 22.3 Å². The Balaban J connectivity index is 1.71. The molecular weight excluding hydrogens is 323 g/mol. The molecule has 1 amide bonds. The van der Waals surface area contributed by atoms with E-state index in [-0.39, 0.29) is 18.5 Å². The van der Waals surface area contributed by atoms with Crippen LogP contribution in [0.2, 0.25) is 0 Å². The molecule has 7 heteroatoms. The van der Waals surface area contributed by atoms with Crippen LogP contribution in [0.5, 0.6) is 0 Å². The smallest absolute Gasteiger partial charge is 0.416 e. The number of amides is 1. The van der Waals surface area contributed by atoms with E-state index in [1.165, 1.54) is 12.1 Å². The summed E-state index contributed by atoms with van der Waals surface area (Å²) in [5, 5.41) is 9.11. The van der Waals surface area contributed by atoms with Gasteiger partial charge in [0.25, 0.3) is 0 Å². The van der Waals surface area contributed by atoms with Crippen LogP contribution in [0.25, 0.3) is 0 Å². The van der Waals surface area contributed by atoms with Crippen molar-refractivity contribution in [3.8, 4) is 0 Å². The van der Waals surface area contributed by atoms with Gasteiger partial charge in [-0.25, -0.2) is 0 Å². The fourth-order valence-electron chi connectivity index (χ4n) is 3.07. The van der Waals surface area contributed by atoms with Gasteiger partial charge in [0.05, 0.1) is 17.4 Å². The molecule has 0 radical (unpaired) electrons. The molecule has 24 heavy (non-hydrogen) atoms. The highest BCUT2D eigenvalue weighted by atomic mass is 19.4. The molecule has 0 aliphatic heterocycles. The zero-order valence-electron chi connectivity index (χ0n) is 12.9. The number of rotatable bonds is 5. The highest BCUT2D eigenvalue weighted by Crippen LogP contribution is 2.39. The van der Waals surface area contributed by atoms with Gasteiger partial charge in [0.2, 0.25) is 5.91 Å². The summed E-state index contributed by atoms with van der Waals surface area (Å²) in [6, 6.07) is 4.85. The van der Waals surface area contributed by atoms with E-state index in [9.17, 15) is 22.8 Å². The van der Waals surface area contributed by atoms with E-state index < -0.39 is 29.5 Å². The van der Waals surface area contributed by atoms with Gasteiger partial charge in [-0.1, -0.05) is 12.1 Å². The van der Waals surface area contributed by atoms with Crippen molar-refractivity contribution in [2.75, 3.05) is 0 Å². The first-order chi connectivity index (χ1) is 11.3. The van der Waals surface area contributed by atoms with E-state index in [0.29, 0.717) is 18.4 Å². The Morgan fingerprint density at radius 3 is 2.04 bits per heavy atom. The minimum Gasteiger partial charge on any atom is -0.481 e. The topological polar surface area (TPSA) is 57.6 Å². The number of carboxylic acid groups (broad SMARTS) is 1. The van der Waals surface area contributed by atoms with Crippen LogP contribution in [0.1, 0.15) is 36.8 Å². The van der Waals surface area contributed by atoms with E-state index in [1.54, 1.807) is 4.90 Å². The van der Waals surface area contributed by atoms with Crippen molar-refractivity contribution in [3.05, 3.63) is 35.4 Å². The lowest BCUT2D eigenvalue weighted by Crippen LogP contribution is -2.46. The predicted octanol–water partition coefficient (Wildman–Crippen LogP) is 3.31. The summed E-state index contributed by atoms with van der Waals surface area (Å²) in [6.07, 6.45) is -1.60. The number of hydrogen-bond donors (Lipinski definition) is 1. The molecule has 0 aromatic heterocycles. The third kappa shape index (κ3) is 3.39. The van der Waals surface area contributed by atoms with Crippen molar-refractivity contribution in [2.24, 2.45) is 11.8 Å². The van der Waals surface area contributed by atoms with Gasteiger partial charge < -0.3 is 10.0 Å². The summed E-state index contributed by atoms with van der Waals surface area (Å²) >= 11 is 0. The maximum atomic E-state index is 12.6. The Hall–Kier alpha value is -2.05. The van der Waals surface area contributed by atoms with E-state index in [1.807, 2.05) is 0 Å². The van der Waals surface area contributed by atoms with Crippen LogP contribution < -0.4 is 0 Å². The Labute approximate surface area is 137 Å². The Morgan fingerprint density at radius 2 is 1.62 bits per heavy atom. The minimum absolute atomic E-state index is 0.0786. The Kier molecular flexibility index (Phi) is 4.27. The van der Waals surface area contributed by atoms with E-state index in [2.05, 4.69) is 0 Å². The molecule has 2 atom stereocenters. The molecule has 0 saturated heterocycles. The second-order valence-corrected chi connectivity index (χ2v) is 6.52. The number of carbonyl (C=O) groups excluding carboxylic acids is 1. The van der Waals surface area contributed by atoms with Crippen LogP contribution in [-0.4, -0.2) is 27.9 Å². The quantitative estimate of drug-likeness (QED) is 0.894. The normalized spacial score (nSPS) is 23.5. The number of alkyl halides is 3. The minimum atomic E-state index is -4.38. The molecule has 130 valence electrons. The average molecular weight is 341 g/mol. The standard InChI is InChI=1S/C17H18F3NO3/c18-17(19,20)11-3-1-10(2-4-11)9-21(12-5-6-12)15(22)13-7-8-14(13)16(23)24/h1-4,12-14H,5-9H2,(H,23,24). The molecule has 2 aliphatic carbocycles. The van der Waals surface area contributed by atoms with Crippen LogP contribution >= 0.6 is 0 Å². The molecule has 2 unspecified atom stereocenters. The summed E-state index contributed by atoms with van der Waals surface area (Å²) in [7, 11) is 0. The van der Waals surface area contributed by atoms with Crippen LogP contribution in [0.15, 0.2) is 24.3 Å². The molecule has 0 heterocycles. The largest absolute Gasteiger partial charge is 0.481 e. The second kappa shape index (κ2) is 6.11. The monoisotopic (exact) mass is 341 g/mol. The molecule has 1 aromatic carbocycles. The molecule has 4 nitrogen and oxygen atoms in total. The predicted molar refractivity (Wildman–Crippen MR) is 78.9 cm³/mol. The first-order valence-corrected chi connectivity index (χ1v) is 7.97. The molecule has 1 N–H and O–H groups in total. The van der Waals surface area contributed by atoms with Gasteiger partial charge in [-0.3, -0.25) is 9.59 Å². The van der Waals surface area contributed by atoms with Crippen molar-refractivity contribution >= 4 is 11.9 Å². The summed E-state index contributed by atoms with van der Waals surface area (Å²) < 4.78 is 37.8. The van der Waals surface area contributed by atoms with Gasteiger partial charge in [-0.2, -0.15) is 13.2 Å². The van der Waals surface area contributed by atoms with E-state index in [0.717, 1.165) is 25.0 Å². The molecule has 1 aromatic rings. The number of hydrogen-bond acceptors (Lipinski definition) is 2. The number of benzene rings is 1. The molecule has 2 aliphatic rings. The zero-order valence-corrected chi connectivity index (χ0v) is 12.9. The third-order valence-corrected chi connectivity index (χ3v) is 4.81. The summed E-state index contributed by atoms with van der Waals surface area (Å²) in [5.74, 6) is -2.27. The molecular formula is C17H18F3NO3. The number of nitrogens with zero attached hydrogens (tertiary/aromatic N) is 1. The van der Waals surface area contributed by atoms with Gasteiger partial charge >= 0.3 is 12.1 Å². The lowest BCUT2D eigenvalue weighted by atomic mass is 9.73. The summed E-state index contributed by atoms with van der Waals surface area (Å²) in [6.45, 7) is 0.227. The molecule has 2 fully saturated rings.